The topological polar surface area (TPSA) is 34.4 Å². The van der Waals surface area contributed by atoms with E-state index >= 15 is 4.39 Å². The number of nitrogens with zero attached hydrogens (tertiary/aromatic N) is 1. The molecule has 0 fully saturated rings. The van der Waals surface area contributed by atoms with Gasteiger partial charge in [-0.1, -0.05) is 61.9 Å². The summed E-state index contributed by atoms with van der Waals surface area (Å²) in [5.74, 6) is 0.485. The predicted octanol–water partition coefficient (Wildman–Crippen LogP) is 6.52. The van der Waals surface area contributed by atoms with Gasteiger partial charge in [0.25, 0.3) is 0 Å². The van der Waals surface area contributed by atoms with Crippen molar-refractivity contribution in [2.45, 2.75) is 39.7 Å². The van der Waals surface area contributed by atoms with Crippen LogP contribution in [0.4, 0.5) is 4.39 Å². The van der Waals surface area contributed by atoms with Crippen molar-refractivity contribution in [3.05, 3.63) is 89.2 Å². The first-order chi connectivity index (χ1) is 15.6. The van der Waals surface area contributed by atoms with Gasteiger partial charge in [0, 0.05) is 24.1 Å². The average Bonchev–Trinajstić information content (AvgIpc) is 3.07. The van der Waals surface area contributed by atoms with Gasteiger partial charge in [-0.15, -0.1) is 0 Å². The number of halogens is 1. The van der Waals surface area contributed by atoms with Gasteiger partial charge in [0.2, 0.25) is 0 Å². The van der Waals surface area contributed by atoms with Crippen molar-refractivity contribution >= 4 is 10.9 Å². The Kier molecular flexibility index (Phi) is 6.91. The minimum absolute atomic E-state index is 0.132. The van der Waals surface area contributed by atoms with Gasteiger partial charge in [-0.25, -0.2) is 4.39 Å². The van der Waals surface area contributed by atoms with Crippen LogP contribution < -0.4 is 4.74 Å². The summed E-state index contributed by atoms with van der Waals surface area (Å²) in [7, 11) is 0. The molecule has 3 nitrogen and oxygen atoms in total. The van der Waals surface area contributed by atoms with Crippen LogP contribution in [-0.2, 0) is 13.0 Å². The van der Waals surface area contributed by atoms with Gasteiger partial charge in [0.1, 0.15) is 5.75 Å². The molecule has 4 heteroatoms. The van der Waals surface area contributed by atoms with Crippen molar-refractivity contribution in [1.29, 1.82) is 0 Å². The highest BCUT2D eigenvalue weighted by atomic mass is 19.1. The number of fused-ring (bicyclic) bond motifs is 1. The lowest BCUT2D eigenvalue weighted by molar-refractivity contribution is 0.299. The molecule has 0 aliphatic carbocycles. The fourth-order valence-corrected chi connectivity index (χ4v) is 4.11. The molecule has 4 aromatic rings. The minimum atomic E-state index is -0.216. The number of aliphatic hydroxyl groups excluding tert-OH is 1. The Balaban J connectivity index is 1.81. The molecule has 0 saturated carbocycles. The second-order valence-electron chi connectivity index (χ2n) is 8.23. The van der Waals surface area contributed by atoms with Crippen LogP contribution in [0.1, 0.15) is 36.5 Å². The highest BCUT2D eigenvalue weighted by Crippen LogP contribution is 2.36. The van der Waals surface area contributed by atoms with Crippen molar-refractivity contribution in [1.82, 2.24) is 4.57 Å². The second kappa shape index (κ2) is 10.0. The van der Waals surface area contributed by atoms with Crippen LogP contribution in [0.25, 0.3) is 22.2 Å². The number of hydrogen-bond acceptors (Lipinski definition) is 2. The summed E-state index contributed by atoms with van der Waals surface area (Å²) in [5.41, 5.74) is 5.56. The molecular weight excluding hydrogens is 401 g/mol. The van der Waals surface area contributed by atoms with Crippen molar-refractivity contribution in [3.8, 4) is 17.0 Å². The summed E-state index contributed by atoms with van der Waals surface area (Å²) in [6.45, 7) is 5.46. The normalized spacial score (nSPS) is 11.2. The van der Waals surface area contributed by atoms with Gasteiger partial charge in [0.05, 0.1) is 17.8 Å². The van der Waals surface area contributed by atoms with Crippen LogP contribution in [0.3, 0.4) is 0 Å². The van der Waals surface area contributed by atoms with Gasteiger partial charge < -0.3 is 14.4 Å². The lowest BCUT2D eigenvalue weighted by Crippen LogP contribution is -2.03. The van der Waals surface area contributed by atoms with Gasteiger partial charge in [-0.05, 0) is 54.7 Å². The first-order valence-electron chi connectivity index (χ1n) is 11.3. The predicted molar refractivity (Wildman–Crippen MR) is 129 cm³/mol. The molecular formula is C28H30FNO2. The van der Waals surface area contributed by atoms with Crippen molar-refractivity contribution in [3.63, 3.8) is 0 Å². The van der Waals surface area contributed by atoms with E-state index in [9.17, 15) is 0 Å². The monoisotopic (exact) mass is 431 g/mol. The molecule has 3 aromatic carbocycles. The number of rotatable bonds is 9. The summed E-state index contributed by atoms with van der Waals surface area (Å²) in [6, 6.07) is 21.8. The third kappa shape index (κ3) is 4.56. The highest BCUT2D eigenvalue weighted by Gasteiger charge is 2.21. The van der Waals surface area contributed by atoms with Gasteiger partial charge in [-0.3, -0.25) is 0 Å². The second-order valence-corrected chi connectivity index (χ2v) is 8.23. The van der Waals surface area contributed by atoms with Crippen LogP contribution in [0.5, 0.6) is 5.75 Å². The Labute approximate surface area is 189 Å². The quantitative estimate of drug-likeness (QED) is 0.306. The fourth-order valence-electron chi connectivity index (χ4n) is 4.11. The SMILES string of the molecule is CCCCOc1ccc2c(c1)c(F)c(-c1ccccc1C)n2Cc1ccc(CCO)cc1. The van der Waals surface area contributed by atoms with Crippen molar-refractivity contribution in [2.75, 3.05) is 13.2 Å². The van der Waals surface area contributed by atoms with E-state index in [0.29, 0.717) is 36.4 Å². The Hall–Kier alpha value is -3.11. The van der Waals surface area contributed by atoms with Crippen molar-refractivity contribution in [2.24, 2.45) is 0 Å². The maximum atomic E-state index is 15.9. The molecule has 4 rings (SSSR count). The van der Waals surface area contributed by atoms with E-state index in [2.05, 4.69) is 23.6 Å². The lowest BCUT2D eigenvalue weighted by Gasteiger charge is -2.13. The smallest absolute Gasteiger partial charge is 0.156 e. The van der Waals surface area contributed by atoms with Crippen LogP contribution in [0.15, 0.2) is 66.7 Å². The van der Waals surface area contributed by atoms with E-state index in [1.807, 2.05) is 61.5 Å². The molecule has 0 spiro atoms. The Morgan fingerprint density at radius 1 is 0.969 bits per heavy atom. The molecule has 0 bridgehead atoms. The number of aromatic nitrogens is 1. The maximum absolute atomic E-state index is 15.9. The van der Waals surface area contributed by atoms with E-state index in [0.717, 1.165) is 40.6 Å². The summed E-state index contributed by atoms with van der Waals surface area (Å²) in [5, 5.41) is 9.75. The molecule has 0 radical (unpaired) electrons. The summed E-state index contributed by atoms with van der Waals surface area (Å²) in [4.78, 5) is 0. The van der Waals surface area contributed by atoms with Crippen LogP contribution in [0, 0.1) is 12.7 Å². The van der Waals surface area contributed by atoms with Gasteiger partial charge in [-0.2, -0.15) is 0 Å². The number of aliphatic hydroxyl groups is 1. The van der Waals surface area contributed by atoms with Crippen LogP contribution >= 0.6 is 0 Å². The molecule has 0 aliphatic rings. The van der Waals surface area contributed by atoms with Crippen LogP contribution in [-0.4, -0.2) is 22.9 Å². The molecule has 0 amide bonds. The molecule has 0 unspecified atom stereocenters. The first kappa shape index (κ1) is 22.1. The minimum Gasteiger partial charge on any atom is -0.494 e. The summed E-state index contributed by atoms with van der Waals surface area (Å²) < 4.78 is 23.8. The van der Waals surface area contributed by atoms with E-state index in [-0.39, 0.29) is 12.4 Å². The number of benzene rings is 3. The number of hydrogen-bond donors (Lipinski definition) is 1. The third-order valence-electron chi connectivity index (χ3n) is 5.90. The Morgan fingerprint density at radius 3 is 2.44 bits per heavy atom. The zero-order chi connectivity index (χ0) is 22.5. The zero-order valence-electron chi connectivity index (χ0n) is 18.8. The summed E-state index contributed by atoms with van der Waals surface area (Å²) >= 11 is 0. The maximum Gasteiger partial charge on any atom is 0.156 e. The Morgan fingerprint density at radius 2 is 1.72 bits per heavy atom. The number of unbranched alkanes of at least 4 members (excludes halogenated alkanes) is 1. The average molecular weight is 432 g/mol. The van der Waals surface area contributed by atoms with E-state index < -0.39 is 0 Å². The highest BCUT2D eigenvalue weighted by molar-refractivity contribution is 5.89. The molecule has 166 valence electrons. The Bertz CT molecular complexity index is 1190. The molecule has 0 atom stereocenters. The molecule has 0 aliphatic heterocycles. The number of ether oxygens (including phenoxy) is 1. The molecule has 1 N–H and O–H groups in total. The fraction of sp³-hybridized carbons (Fsp3) is 0.286. The zero-order valence-corrected chi connectivity index (χ0v) is 18.8. The largest absolute Gasteiger partial charge is 0.494 e. The van der Waals surface area contributed by atoms with E-state index in [1.165, 1.54) is 0 Å². The lowest BCUT2D eigenvalue weighted by atomic mass is 10.0. The van der Waals surface area contributed by atoms with Gasteiger partial charge in [0.15, 0.2) is 5.82 Å². The first-order valence-corrected chi connectivity index (χ1v) is 11.3. The molecule has 1 heterocycles. The van der Waals surface area contributed by atoms with Gasteiger partial charge >= 0.3 is 0 Å². The summed E-state index contributed by atoms with van der Waals surface area (Å²) in [6.07, 6.45) is 2.67. The standard InChI is InChI=1S/C28H30FNO2/c1-3-4-17-32-23-13-14-26-25(18-23)27(29)28(24-8-6-5-7-20(24)2)30(26)19-22-11-9-21(10-12-22)15-16-31/h5-14,18,31H,3-4,15-17,19H2,1-2H3. The van der Waals surface area contributed by atoms with Crippen LogP contribution in [0.2, 0.25) is 0 Å². The molecule has 32 heavy (non-hydrogen) atoms. The molecule has 0 saturated heterocycles. The van der Waals surface area contributed by atoms with Crippen molar-refractivity contribution < 1.29 is 14.2 Å². The molecule has 1 aromatic heterocycles. The van der Waals surface area contributed by atoms with E-state index in [1.54, 1.807) is 0 Å². The third-order valence-corrected chi connectivity index (χ3v) is 5.90. The van der Waals surface area contributed by atoms with E-state index in [4.69, 9.17) is 9.84 Å². The number of aryl methyl sites for hydroxylation is 1.